The summed E-state index contributed by atoms with van der Waals surface area (Å²) in [4.78, 5) is 40.0. The first-order valence-corrected chi connectivity index (χ1v) is 9.22. The second kappa shape index (κ2) is 7.77. The van der Waals surface area contributed by atoms with Gasteiger partial charge < -0.3 is 9.64 Å². The maximum Gasteiger partial charge on any atom is 0.282 e. The molecule has 9 nitrogen and oxygen atoms in total. The van der Waals surface area contributed by atoms with Gasteiger partial charge in [0.2, 0.25) is 0 Å². The number of nitro groups is 1. The van der Waals surface area contributed by atoms with E-state index in [0.29, 0.717) is 43.1 Å². The summed E-state index contributed by atoms with van der Waals surface area (Å²) in [6.45, 7) is 1.75. The van der Waals surface area contributed by atoms with E-state index in [0.717, 1.165) is 4.90 Å². The average Bonchev–Trinajstić information content (AvgIpc) is 3.04. The van der Waals surface area contributed by atoms with Crippen molar-refractivity contribution < 1.29 is 19.2 Å². The summed E-state index contributed by atoms with van der Waals surface area (Å²) in [7, 11) is 0. The lowest BCUT2D eigenvalue weighted by atomic mass is 10.0. The summed E-state index contributed by atoms with van der Waals surface area (Å²) in [6.07, 6.45) is 0. The van der Waals surface area contributed by atoms with Crippen molar-refractivity contribution in [1.29, 1.82) is 5.26 Å². The van der Waals surface area contributed by atoms with E-state index in [1.165, 1.54) is 36.4 Å². The first-order chi connectivity index (χ1) is 14.5. The minimum absolute atomic E-state index is 0.104. The molecule has 30 heavy (non-hydrogen) atoms. The summed E-state index contributed by atoms with van der Waals surface area (Å²) in [5, 5.41) is 20.0. The van der Waals surface area contributed by atoms with E-state index in [1.807, 2.05) is 11.0 Å². The molecule has 2 aliphatic heterocycles. The van der Waals surface area contributed by atoms with Crippen molar-refractivity contribution in [2.75, 3.05) is 31.2 Å². The molecule has 2 aromatic rings. The van der Waals surface area contributed by atoms with Gasteiger partial charge in [-0.05, 0) is 42.0 Å². The molecule has 4 rings (SSSR count). The number of amides is 2. The van der Waals surface area contributed by atoms with Crippen molar-refractivity contribution in [1.82, 2.24) is 4.90 Å². The van der Waals surface area contributed by atoms with Gasteiger partial charge in [-0.1, -0.05) is 0 Å². The lowest BCUT2D eigenvalue weighted by Gasteiger charge is -2.29. The number of nitriles is 1. The topological polar surface area (TPSA) is 117 Å². The fourth-order valence-electron chi connectivity index (χ4n) is 3.53. The first-order valence-electron chi connectivity index (χ1n) is 9.22. The molecular formula is C21H16N4O5. The summed E-state index contributed by atoms with van der Waals surface area (Å²) in [5.74, 6) is -0.986. The normalized spacial score (nSPS) is 16.8. The van der Waals surface area contributed by atoms with Gasteiger partial charge in [-0.3, -0.25) is 19.7 Å². The van der Waals surface area contributed by atoms with E-state index in [4.69, 9.17) is 10.00 Å². The maximum atomic E-state index is 13.3. The molecule has 0 spiro atoms. The molecule has 0 aliphatic carbocycles. The van der Waals surface area contributed by atoms with Gasteiger partial charge in [-0.25, -0.2) is 4.90 Å². The standard InChI is InChI=1S/C21H16N4O5/c22-13-14-1-5-16(6-2-14)24-20(26)18(15-3-7-17(8-4-15)25(28)29)19(21(24)27)23-9-11-30-12-10-23/h1-8H,9-12H2. The predicted molar refractivity (Wildman–Crippen MR) is 106 cm³/mol. The maximum absolute atomic E-state index is 13.3. The van der Waals surface area contributed by atoms with Gasteiger partial charge in [-0.2, -0.15) is 5.26 Å². The molecule has 0 bridgehead atoms. The molecular weight excluding hydrogens is 388 g/mol. The number of hydrogen-bond acceptors (Lipinski definition) is 7. The van der Waals surface area contributed by atoms with E-state index in [1.54, 1.807) is 12.1 Å². The van der Waals surface area contributed by atoms with E-state index in [-0.39, 0.29) is 17.0 Å². The smallest absolute Gasteiger partial charge is 0.282 e. The van der Waals surface area contributed by atoms with Crippen molar-refractivity contribution in [3.8, 4) is 6.07 Å². The van der Waals surface area contributed by atoms with E-state index < -0.39 is 16.7 Å². The van der Waals surface area contributed by atoms with E-state index in [2.05, 4.69) is 0 Å². The Kier molecular flexibility index (Phi) is 5.00. The second-order valence-electron chi connectivity index (χ2n) is 6.73. The first kappa shape index (κ1) is 19.3. The molecule has 9 heteroatoms. The molecule has 0 N–H and O–H groups in total. The zero-order chi connectivity index (χ0) is 21.3. The van der Waals surface area contributed by atoms with Crippen LogP contribution in [0.3, 0.4) is 0 Å². The van der Waals surface area contributed by atoms with Gasteiger partial charge in [0.1, 0.15) is 5.70 Å². The van der Waals surface area contributed by atoms with Gasteiger partial charge in [0.05, 0.1) is 41.0 Å². The third kappa shape index (κ3) is 3.29. The van der Waals surface area contributed by atoms with Crippen LogP contribution in [0.4, 0.5) is 11.4 Å². The Labute approximate surface area is 171 Å². The number of benzene rings is 2. The van der Waals surface area contributed by atoms with Crippen molar-refractivity contribution in [3.63, 3.8) is 0 Å². The molecule has 0 radical (unpaired) electrons. The minimum Gasteiger partial charge on any atom is -0.378 e. The third-order valence-corrected chi connectivity index (χ3v) is 5.01. The number of nitrogens with zero attached hydrogens (tertiary/aromatic N) is 4. The van der Waals surface area contributed by atoms with Crippen molar-refractivity contribution >= 4 is 28.8 Å². The molecule has 2 aromatic carbocycles. The van der Waals surface area contributed by atoms with Crippen LogP contribution in [0.2, 0.25) is 0 Å². The summed E-state index contributed by atoms with van der Waals surface area (Å²) in [6, 6.07) is 13.7. The van der Waals surface area contributed by atoms with Crippen LogP contribution in [0.5, 0.6) is 0 Å². The number of hydrogen-bond donors (Lipinski definition) is 0. The van der Waals surface area contributed by atoms with Crippen LogP contribution in [0.1, 0.15) is 11.1 Å². The number of ether oxygens (including phenoxy) is 1. The highest BCUT2D eigenvalue weighted by atomic mass is 16.6. The van der Waals surface area contributed by atoms with Crippen LogP contribution in [0, 0.1) is 21.4 Å². The average molecular weight is 404 g/mol. The Balaban J connectivity index is 1.79. The highest BCUT2D eigenvalue weighted by molar-refractivity contribution is 6.45. The quantitative estimate of drug-likeness (QED) is 0.435. The van der Waals surface area contributed by atoms with Crippen LogP contribution in [0.15, 0.2) is 54.2 Å². The minimum atomic E-state index is -0.522. The molecule has 0 saturated carbocycles. The van der Waals surface area contributed by atoms with Gasteiger partial charge in [0, 0.05) is 25.2 Å². The highest BCUT2D eigenvalue weighted by Gasteiger charge is 2.42. The third-order valence-electron chi connectivity index (χ3n) is 5.01. The highest BCUT2D eigenvalue weighted by Crippen LogP contribution is 2.35. The molecule has 2 heterocycles. The number of carbonyl (C=O) groups excluding carboxylic acids is 2. The molecule has 0 atom stereocenters. The fraction of sp³-hybridized carbons (Fsp3) is 0.190. The zero-order valence-corrected chi connectivity index (χ0v) is 15.8. The number of morpholine rings is 1. The Morgan fingerprint density at radius 3 is 2.17 bits per heavy atom. The largest absolute Gasteiger partial charge is 0.378 e. The van der Waals surface area contributed by atoms with Crippen molar-refractivity contribution in [2.24, 2.45) is 0 Å². The van der Waals surface area contributed by atoms with Crippen LogP contribution in [-0.4, -0.2) is 47.9 Å². The number of nitro benzene ring substituents is 1. The second-order valence-corrected chi connectivity index (χ2v) is 6.73. The lowest BCUT2D eigenvalue weighted by molar-refractivity contribution is -0.384. The van der Waals surface area contributed by atoms with Crippen LogP contribution >= 0.6 is 0 Å². The van der Waals surface area contributed by atoms with Gasteiger partial charge in [0.15, 0.2) is 0 Å². The van der Waals surface area contributed by atoms with Crippen LogP contribution < -0.4 is 4.90 Å². The molecule has 150 valence electrons. The number of anilines is 1. The lowest BCUT2D eigenvalue weighted by Crippen LogP contribution is -2.40. The predicted octanol–water partition coefficient (Wildman–Crippen LogP) is 2.08. The molecule has 2 amide bonds. The summed E-state index contributed by atoms with van der Waals surface area (Å²) >= 11 is 0. The van der Waals surface area contributed by atoms with Crippen molar-refractivity contribution in [3.05, 3.63) is 75.5 Å². The van der Waals surface area contributed by atoms with Crippen LogP contribution in [-0.2, 0) is 14.3 Å². The number of non-ortho nitro benzene ring substituents is 1. The summed E-state index contributed by atoms with van der Waals surface area (Å²) in [5.41, 5.74) is 1.54. The molecule has 2 aliphatic rings. The number of carbonyl (C=O) groups is 2. The van der Waals surface area contributed by atoms with E-state index >= 15 is 0 Å². The Bertz CT molecular complexity index is 1090. The number of rotatable bonds is 4. The van der Waals surface area contributed by atoms with Gasteiger partial charge in [-0.15, -0.1) is 0 Å². The molecule has 0 unspecified atom stereocenters. The van der Waals surface area contributed by atoms with Crippen molar-refractivity contribution in [2.45, 2.75) is 0 Å². The Morgan fingerprint density at radius 2 is 1.60 bits per heavy atom. The van der Waals surface area contributed by atoms with Gasteiger partial charge >= 0.3 is 0 Å². The number of imide groups is 1. The zero-order valence-electron chi connectivity index (χ0n) is 15.8. The molecule has 0 aromatic heterocycles. The SMILES string of the molecule is N#Cc1ccc(N2C(=O)C(c3ccc([N+](=O)[O-])cc3)=C(N3CCOCC3)C2=O)cc1. The Morgan fingerprint density at radius 1 is 0.967 bits per heavy atom. The van der Waals surface area contributed by atoms with E-state index in [9.17, 15) is 19.7 Å². The van der Waals surface area contributed by atoms with Crippen LogP contribution in [0.25, 0.3) is 5.57 Å². The fourth-order valence-corrected chi connectivity index (χ4v) is 3.53. The monoisotopic (exact) mass is 404 g/mol. The molecule has 1 saturated heterocycles. The molecule has 1 fully saturated rings. The summed E-state index contributed by atoms with van der Waals surface area (Å²) < 4.78 is 5.36. The van der Waals surface area contributed by atoms with Gasteiger partial charge in [0.25, 0.3) is 17.5 Å². The Hall–Kier alpha value is -4.03.